The second kappa shape index (κ2) is 7.65. The van der Waals surface area contributed by atoms with Crippen molar-refractivity contribution in [3.63, 3.8) is 0 Å². The van der Waals surface area contributed by atoms with E-state index in [1.54, 1.807) is 12.1 Å². The van der Waals surface area contributed by atoms with Gasteiger partial charge in [-0.1, -0.05) is 36.7 Å². The molecule has 2 aliphatic rings. The summed E-state index contributed by atoms with van der Waals surface area (Å²) >= 11 is 1.40. The van der Waals surface area contributed by atoms with Crippen molar-refractivity contribution in [3.8, 4) is 0 Å². The van der Waals surface area contributed by atoms with Gasteiger partial charge in [-0.25, -0.2) is 13.1 Å². The van der Waals surface area contributed by atoms with Crippen molar-refractivity contribution in [2.24, 2.45) is 0 Å². The third-order valence-electron chi connectivity index (χ3n) is 4.92. The van der Waals surface area contributed by atoms with E-state index in [9.17, 15) is 13.2 Å². The number of anilines is 1. The lowest BCUT2D eigenvalue weighted by Crippen LogP contribution is -2.26. The van der Waals surface area contributed by atoms with Gasteiger partial charge in [0.25, 0.3) is 5.91 Å². The molecule has 2 aromatic rings. The zero-order chi connectivity index (χ0) is 18.9. The highest BCUT2D eigenvalue weighted by Crippen LogP contribution is 2.35. The van der Waals surface area contributed by atoms with E-state index < -0.39 is 10.0 Å². The van der Waals surface area contributed by atoms with E-state index in [4.69, 9.17) is 0 Å². The molecule has 144 valence electrons. The summed E-state index contributed by atoms with van der Waals surface area (Å²) in [5, 5.41) is 12.5. The molecule has 27 heavy (non-hydrogen) atoms. The Morgan fingerprint density at radius 3 is 2.59 bits per heavy atom. The van der Waals surface area contributed by atoms with Crippen molar-refractivity contribution < 1.29 is 13.2 Å². The molecule has 1 aromatic carbocycles. The zero-order valence-corrected chi connectivity index (χ0v) is 16.5. The van der Waals surface area contributed by atoms with Gasteiger partial charge < -0.3 is 0 Å². The number of aromatic nitrogens is 2. The van der Waals surface area contributed by atoms with Gasteiger partial charge in [0.05, 0.1) is 4.90 Å². The van der Waals surface area contributed by atoms with Gasteiger partial charge in [0.2, 0.25) is 15.2 Å². The van der Waals surface area contributed by atoms with Gasteiger partial charge in [-0.15, -0.1) is 10.2 Å². The highest BCUT2D eigenvalue weighted by atomic mass is 32.2. The van der Waals surface area contributed by atoms with Crippen LogP contribution >= 0.6 is 11.3 Å². The van der Waals surface area contributed by atoms with Crippen LogP contribution in [0.1, 0.15) is 66.2 Å². The van der Waals surface area contributed by atoms with Gasteiger partial charge in [0.1, 0.15) is 5.01 Å². The minimum atomic E-state index is -3.59. The molecule has 2 fully saturated rings. The Morgan fingerprint density at radius 1 is 1.07 bits per heavy atom. The number of carbonyl (C=O) groups excluding carboxylic acids is 1. The van der Waals surface area contributed by atoms with Gasteiger partial charge in [0, 0.05) is 17.5 Å². The van der Waals surface area contributed by atoms with Crippen LogP contribution in [0.3, 0.4) is 0 Å². The van der Waals surface area contributed by atoms with E-state index in [2.05, 4.69) is 20.2 Å². The highest BCUT2D eigenvalue weighted by molar-refractivity contribution is 7.89. The van der Waals surface area contributed by atoms with Gasteiger partial charge in [-0.3, -0.25) is 10.1 Å². The summed E-state index contributed by atoms with van der Waals surface area (Å²) in [6.07, 6.45) is 7.66. The maximum Gasteiger partial charge on any atom is 0.257 e. The molecule has 2 N–H and O–H groups in total. The van der Waals surface area contributed by atoms with Crippen LogP contribution in [0.15, 0.2) is 29.2 Å². The topological polar surface area (TPSA) is 101 Å². The first-order valence-corrected chi connectivity index (χ1v) is 11.6. The summed E-state index contributed by atoms with van der Waals surface area (Å²) < 4.78 is 27.3. The number of nitrogens with one attached hydrogen (secondary N) is 2. The van der Waals surface area contributed by atoms with Crippen molar-refractivity contribution in [1.29, 1.82) is 0 Å². The lowest BCUT2D eigenvalue weighted by molar-refractivity contribution is 0.102. The predicted octanol–water partition coefficient (Wildman–Crippen LogP) is 3.28. The number of hydrogen-bond acceptors (Lipinski definition) is 6. The first-order valence-electron chi connectivity index (χ1n) is 9.28. The summed E-state index contributed by atoms with van der Waals surface area (Å²) in [7, 11) is -3.59. The Morgan fingerprint density at radius 2 is 1.85 bits per heavy atom. The Bertz CT molecular complexity index is 932. The quantitative estimate of drug-likeness (QED) is 0.767. The molecule has 0 radical (unpaired) electrons. The van der Waals surface area contributed by atoms with E-state index in [1.807, 2.05) is 0 Å². The van der Waals surface area contributed by atoms with E-state index in [0.717, 1.165) is 30.7 Å². The molecule has 0 bridgehead atoms. The average molecular weight is 407 g/mol. The molecular weight excluding hydrogens is 384 g/mol. The largest absolute Gasteiger partial charge is 0.296 e. The third kappa shape index (κ3) is 4.53. The molecule has 0 spiro atoms. The molecule has 4 rings (SSSR count). The van der Waals surface area contributed by atoms with Crippen LogP contribution in [0, 0.1) is 0 Å². The van der Waals surface area contributed by atoms with Gasteiger partial charge in [-0.05, 0) is 43.9 Å². The number of sulfonamides is 1. The van der Waals surface area contributed by atoms with E-state index >= 15 is 0 Å². The molecule has 9 heteroatoms. The van der Waals surface area contributed by atoms with Crippen LogP contribution in [0.2, 0.25) is 0 Å². The Kier molecular flexibility index (Phi) is 5.25. The molecular formula is C18H22N4O3S2. The van der Waals surface area contributed by atoms with E-state index in [1.165, 1.54) is 42.7 Å². The lowest BCUT2D eigenvalue weighted by atomic mass is 9.90. The van der Waals surface area contributed by atoms with Crippen LogP contribution in [0.4, 0.5) is 5.13 Å². The lowest BCUT2D eigenvalue weighted by Gasteiger charge is -2.18. The second-order valence-corrected chi connectivity index (χ2v) is 9.88. The summed E-state index contributed by atoms with van der Waals surface area (Å²) in [6.45, 7) is 0. The van der Waals surface area contributed by atoms with Crippen molar-refractivity contribution in [3.05, 3.63) is 34.8 Å². The van der Waals surface area contributed by atoms with Gasteiger partial charge >= 0.3 is 0 Å². The highest BCUT2D eigenvalue weighted by Gasteiger charge is 2.28. The van der Waals surface area contributed by atoms with Crippen molar-refractivity contribution in [2.45, 2.75) is 61.8 Å². The maximum absolute atomic E-state index is 12.5. The molecule has 1 amide bonds. The SMILES string of the molecule is O=C(Nc1nnc(C2CCCCC2)s1)c1cccc(S(=O)(=O)NC2CC2)c1. The maximum atomic E-state index is 12.5. The minimum Gasteiger partial charge on any atom is -0.296 e. The van der Waals surface area contributed by atoms with Crippen LogP contribution in [0.25, 0.3) is 0 Å². The summed E-state index contributed by atoms with van der Waals surface area (Å²) in [6, 6.07) is 6.07. The molecule has 0 aliphatic heterocycles. The van der Waals surface area contributed by atoms with Crippen molar-refractivity contribution in [2.75, 3.05) is 5.32 Å². The number of amides is 1. The summed E-state index contributed by atoms with van der Waals surface area (Å²) in [5.74, 6) is 0.0497. The Balaban J connectivity index is 1.45. The molecule has 1 heterocycles. The predicted molar refractivity (Wildman–Crippen MR) is 103 cm³/mol. The van der Waals surface area contributed by atoms with E-state index in [-0.39, 0.29) is 22.4 Å². The number of benzene rings is 1. The second-order valence-electron chi connectivity index (χ2n) is 7.16. The normalized spacial score (nSPS) is 18.4. The van der Waals surface area contributed by atoms with Crippen molar-refractivity contribution in [1.82, 2.24) is 14.9 Å². The first-order chi connectivity index (χ1) is 13.0. The Hall–Kier alpha value is -1.84. The molecule has 0 unspecified atom stereocenters. The van der Waals surface area contributed by atoms with Crippen LogP contribution < -0.4 is 10.0 Å². The minimum absolute atomic E-state index is 0.0204. The molecule has 2 saturated carbocycles. The molecule has 0 atom stereocenters. The van der Waals surface area contributed by atoms with E-state index in [0.29, 0.717) is 11.0 Å². The third-order valence-corrected chi connectivity index (χ3v) is 7.44. The monoisotopic (exact) mass is 406 g/mol. The first kappa shape index (κ1) is 18.5. The standard InChI is InChI=1S/C18H22N4O3S2/c23-16(19-18-21-20-17(26-18)12-5-2-1-3-6-12)13-7-4-8-15(11-13)27(24,25)22-14-9-10-14/h4,7-8,11-12,14,22H,1-3,5-6,9-10H2,(H,19,21,23). The van der Waals surface area contributed by atoms with Crippen molar-refractivity contribution >= 4 is 32.4 Å². The Labute approximate surface area is 162 Å². The molecule has 0 saturated heterocycles. The fraction of sp³-hybridized carbons (Fsp3) is 0.500. The summed E-state index contributed by atoms with van der Waals surface area (Å²) in [5.41, 5.74) is 0.281. The fourth-order valence-electron chi connectivity index (χ4n) is 3.26. The van der Waals surface area contributed by atoms with Crippen LogP contribution in [0.5, 0.6) is 0 Å². The average Bonchev–Trinajstić information content (AvgIpc) is 3.36. The molecule has 1 aromatic heterocycles. The zero-order valence-electron chi connectivity index (χ0n) is 14.8. The molecule has 7 nitrogen and oxygen atoms in total. The number of rotatable bonds is 6. The number of carbonyl (C=O) groups is 1. The fourth-order valence-corrected chi connectivity index (χ4v) is 5.52. The molecule has 2 aliphatic carbocycles. The van der Waals surface area contributed by atoms with Gasteiger partial charge in [0.15, 0.2) is 0 Å². The van der Waals surface area contributed by atoms with Crippen LogP contribution in [-0.2, 0) is 10.0 Å². The summed E-state index contributed by atoms with van der Waals surface area (Å²) in [4.78, 5) is 12.6. The number of hydrogen-bond donors (Lipinski definition) is 2. The number of nitrogens with zero attached hydrogens (tertiary/aromatic N) is 2. The van der Waals surface area contributed by atoms with Gasteiger partial charge in [-0.2, -0.15) is 0 Å². The smallest absolute Gasteiger partial charge is 0.257 e. The van der Waals surface area contributed by atoms with Crippen LogP contribution in [-0.4, -0.2) is 30.6 Å².